The number of nitrogens with one attached hydrogen (secondary N) is 1. The molecule has 1 aliphatic rings. The fraction of sp³-hybridized carbons (Fsp3) is 0.333. The van der Waals surface area contributed by atoms with E-state index < -0.39 is 0 Å². The van der Waals surface area contributed by atoms with E-state index in [1.54, 1.807) is 6.07 Å². The molecule has 0 aliphatic heterocycles. The molecule has 0 saturated heterocycles. The lowest BCUT2D eigenvalue weighted by Crippen LogP contribution is -2.11. The van der Waals surface area contributed by atoms with Crippen molar-refractivity contribution in [2.45, 2.75) is 18.8 Å². The minimum absolute atomic E-state index is 0.489. The monoisotopic (exact) mass is 269 g/mol. The van der Waals surface area contributed by atoms with Crippen molar-refractivity contribution in [3.05, 3.63) is 36.2 Å². The van der Waals surface area contributed by atoms with Gasteiger partial charge < -0.3 is 16.0 Å². The highest BCUT2D eigenvalue weighted by molar-refractivity contribution is 5.74. The Morgan fingerprint density at radius 2 is 1.95 bits per heavy atom. The van der Waals surface area contributed by atoms with Gasteiger partial charge in [-0.1, -0.05) is 12.1 Å². The molecule has 1 aromatic heterocycles. The first-order chi connectivity index (χ1) is 9.63. The molecule has 1 aliphatic carbocycles. The molecular formula is C15H19N5. The third-order valence-corrected chi connectivity index (χ3v) is 3.35. The molecule has 0 spiro atoms. The molecule has 0 atom stereocenters. The fourth-order valence-electron chi connectivity index (χ4n) is 2.18. The van der Waals surface area contributed by atoms with Crippen molar-refractivity contribution < 1.29 is 0 Å². The van der Waals surface area contributed by atoms with Gasteiger partial charge in [-0.3, -0.25) is 0 Å². The average molecular weight is 269 g/mol. The molecule has 1 aromatic carbocycles. The summed E-state index contributed by atoms with van der Waals surface area (Å²) in [7, 11) is 4.04. The van der Waals surface area contributed by atoms with Crippen molar-refractivity contribution in [2.75, 3.05) is 30.0 Å². The summed E-state index contributed by atoms with van der Waals surface area (Å²) in [6.45, 7) is 0. The van der Waals surface area contributed by atoms with E-state index in [0.29, 0.717) is 11.7 Å². The summed E-state index contributed by atoms with van der Waals surface area (Å²) in [5.74, 6) is 2.62. The summed E-state index contributed by atoms with van der Waals surface area (Å²) in [6.07, 6.45) is 2.33. The Kier molecular flexibility index (Phi) is 3.18. The van der Waals surface area contributed by atoms with Gasteiger partial charge in [0.15, 0.2) is 0 Å². The van der Waals surface area contributed by atoms with Crippen LogP contribution in [0.4, 0.5) is 23.0 Å². The van der Waals surface area contributed by atoms with Crippen LogP contribution in [0.5, 0.6) is 0 Å². The second-order valence-electron chi connectivity index (χ2n) is 5.35. The maximum Gasteiger partial charge on any atom is 0.136 e. The maximum absolute atomic E-state index is 5.87. The van der Waals surface area contributed by atoms with Crippen LogP contribution >= 0.6 is 0 Å². The Labute approximate surface area is 118 Å². The van der Waals surface area contributed by atoms with Crippen LogP contribution in [-0.2, 0) is 0 Å². The number of anilines is 4. The second-order valence-corrected chi connectivity index (χ2v) is 5.35. The van der Waals surface area contributed by atoms with E-state index in [1.807, 2.05) is 32.3 Å². The van der Waals surface area contributed by atoms with Crippen LogP contribution in [0.1, 0.15) is 24.6 Å². The highest BCUT2D eigenvalue weighted by atomic mass is 15.1. The first kappa shape index (κ1) is 12.7. The van der Waals surface area contributed by atoms with E-state index in [2.05, 4.69) is 26.3 Å². The predicted octanol–water partition coefficient (Wildman–Crippen LogP) is 2.75. The first-order valence-corrected chi connectivity index (χ1v) is 6.81. The molecule has 0 bridgehead atoms. The topological polar surface area (TPSA) is 67.1 Å². The summed E-state index contributed by atoms with van der Waals surface area (Å²) < 4.78 is 0. The molecule has 1 fully saturated rings. The Balaban J connectivity index is 1.91. The summed E-state index contributed by atoms with van der Waals surface area (Å²) in [5, 5.41) is 3.34. The first-order valence-electron chi connectivity index (χ1n) is 6.81. The number of para-hydroxylation sites is 2. The maximum atomic E-state index is 5.87. The van der Waals surface area contributed by atoms with E-state index >= 15 is 0 Å². The zero-order chi connectivity index (χ0) is 14.1. The van der Waals surface area contributed by atoms with Gasteiger partial charge in [0.2, 0.25) is 0 Å². The standard InChI is InChI=1S/C15H19N5/c1-20(2)12-6-4-3-5-11(12)17-14-9-13(16)18-15(19-14)10-7-8-10/h3-6,9-10H,7-8H2,1-2H3,(H3,16,17,18,19). The SMILES string of the molecule is CN(C)c1ccccc1Nc1cc(N)nc(C2CC2)n1. The van der Waals surface area contributed by atoms with Crippen LogP contribution in [0.15, 0.2) is 30.3 Å². The van der Waals surface area contributed by atoms with E-state index in [1.165, 1.54) is 0 Å². The average Bonchev–Trinajstić information content (AvgIpc) is 3.22. The molecule has 2 aromatic rings. The van der Waals surface area contributed by atoms with E-state index in [4.69, 9.17) is 5.73 Å². The normalized spacial score (nSPS) is 14.1. The Morgan fingerprint density at radius 3 is 2.65 bits per heavy atom. The van der Waals surface area contributed by atoms with Gasteiger partial charge in [0.05, 0.1) is 11.4 Å². The lowest BCUT2D eigenvalue weighted by atomic mass is 10.2. The molecule has 3 N–H and O–H groups in total. The summed E-state index contributed by atoms with van der Waals surface area (Å²) in [4.78, 5) is 10.9. The molecule has 20 heavy (non-hydrogen) atoms. The van der Waals surface area contributed by atoms with Gasteiger partial charge in [0.1, 0.15) is 17.5 Å². The minimum atomic E-state index is 0.489. The van der Waals surface area contributed by atoms with Crippen LogP contribution in [0.2, 0.25) is 0 Å². The zero-order valence-corrected chi connectivity index (χ0v) is 11.8. The number of aromatic nitrogens is 2. The number of hydrogen-bond donors (Lipinski definition) is 2. The fourth-order valence-corrected chi connectivity index (χ4v) is 2.18. The molecule has 5 heteroatoms. The predicted molar refractivity (Wildman–Crippen MR) is 82.5 cm³/mol. The number of nitrogen functional groups attached to an aromatic ring is 1. The van der Waals surface area contributed by atoms with Crippen LogP contribution in [0.3, 0.4) is 0 Å². The quantitative estimate of drug-likeness (QED) is 0.893. The molecule has 104 valence electrons. The molecule has 1 heterocycles. The lowest BCUT2D eigenvalue weighted by molar-refractivity contribution is 0.935. The van der Waals surface area contributed by atoms with E-state index in [0.717, 1.165) is 35.9 Å². The van der Waals surface area contributed by atoms with Crippen molar-refractivity contribution in [1.29, 1.82) is 0 Å². The molecular weight excluding hydrogens is 250 g/mol. The van der Waals surface area contributed by atoms with Crippen LogP contribution in [0.25, 0.3) is 0 Å². The summed E-state index contributed by atoms with van der Waals surface area (Å²) in [5.41, 5.74) is 8.00. The largest absolute Gasteiger partial charge is 0.384 e. The smallest absolute Gasteiger partial charge is 0.136 e. The molecule has 3 rings (SSSR count). The Hall–Kier alpha value is -2.30. The summed E-state index contributed by atoms with van der Waals surface area (Å²) in [6, 6.07) is 9.89. The van der Waals surface area contributed by atoms with Crippen molar-refractivity contribution in [3.8, 4) is 0 Å². The van der Waals surface area contributed by atoms with Crippen LogP contribution < -0.4 is 16.0 Å². The summed E-state index contributed by atoms with van der Waals surface area (Å²) >= 11 is 0. The van der Waals surface area contributed by atoms with Crippen molar-refractivity contribution >= 4 is 23.0 Å². The molecule has 1 saturated carbocycles. The highest BCUT2D eigenvalue weighted by Gasteiger charge is 2.27. The highest BCUT2D eigenvalue weighted by Crippen LogP contribution is 2.39. The van der Waals surface area contributed by atoms with Gasteiger partial charge in [-0.2, -0.15) is 0 Å². The Morgan fingerprint density at radius 1 is 1.20 bits per heavy atom. The lowest BCUT2D eigenvalue weighted by Gasteiger charge is -2.18. The second kappa shape index (κ2) is 5.00. The van der Waals surface area contributed by atoms with Crippen LogP contribution in [-0.4, -0.2) is 24.1 Å². The third-order valence-electron chi connectivity index (χ3n) is 3.35. The van der Waals surface area contributed by atoms with Crippen LogP contribution in [0, 0.1) is 0 Å². The van der Waals surface area contributed by atoms with Gasteiger partial charge in [0, 0.05) is 26.1 Å². The Bertz CT molecular complexity index is 619. The zero-order valence-electron chi connectivity index (χ0n) is 11.8. The molecule has 0 unspecified atom stereocenters. The van der Waals surface area contributed by atoms with E-state index in [-0.39, 0.29) is 0 Å². The molecule has 5 nitrogen and oxygen atoms in total. The van der Waals surface area contributed by atoms with Gasteiger partial charge in [0.25, 0.3) is 0 Å². The van der Waals surface area contributed by atoms with Crippen molar-refractivity contribution in [2.24, 2.45) is 0 Å². The van der Waals surface area contributed by atoms with Crippen molar-refractivity contribution in [3.63, 3.8) is 0 Å². The van der Waals surface area contributed by atoms with E-state index in [9.17, 15) is 0 Å². The number of benzene rings is 1. The van der Waals surface area contributed by atoms with Gasteiger partial charge in [-0.25, -0.2) is 9.97 Å². The van der Waals surface area contributed by atoms with Gasteiger partial charge in [-0.05, 0) is 25.0 Å². The number of nitrogens with zero attached hydrogens (tertiary/aromatic N) is 3. The van der Waals surface area contributed by atoms with Gasteiger partial charge in [-0.15, -0.1) is 0 Å². The van der Waals surface area contributed by atoms with Crippen molar-refractivity contribution in [1.82, 2.24) is 9.97 Å². The number of nitrogens with two attached hydrogens (primary N) is 1. The molecule has 0 radical (unpaired) electrons. The van der Waals surface area contributed by atoms with Gasteiger partial charge >= 0.3 is 0 Å². The minimum Gasteiger partial charge on any atom is -0.384 e. The molecule has 0 amide bonds. The number of hydrogen-bond acceptors (Lipinski definition) is 5. The number of rotatable bonds is 4. The third kappa shape index (κ3) is 2.66.